The van der Waals surface area contributed by atoms with E-state index in [0.717, 1.165) is 10.6 Å². The van der Waals surface area contributed by atoms with Crippen LogP contribution in [0.5, 0.6) is 0 Å². The van der Waals surface area contributed by atoms with Crippen molar-refractivity contribution < 1.29 is 51.8 Å². The molecule has 0 aliphatic rings. The average molecular weight is 487 g/mol. The molecular formula is C22H27FLiN3O6S. The van der Waals surface area contributed by atoms with E-state index in [4.69, 9.17) is 0 Å². The normalized spacial score (nSPS) is 13.5. The van der Waals surface area contributed by atoms with Gasteiger partial charge in [0.2, 0.25) is 16.0 Å². The molecular weight excluding hydrogens is 460 g/mol. The summed E-state index contributed by atoms with van der Waals surface area (Å²) in [5, 5.41) is 30.6. The molecule has 0 radical (unpaired) electrons. The summed E-state index contributed by atoms with van der Waals surface area (Å²) in [6.45, 7) is 3.69. The SMILES string of the molecule is CC(C)c1nc(N(C)S(C)(=O)=O)nc(-c2ccc(F)cc2)c1/C=C/[C@@H](O)C[C@@H](O)CC(=O)[O-].[Li+]. The number of carboxylic acids is 1. The molecule has 34 heavy (non-hydrogen) atoms. The van der Waals surface area contributed by atoms with Gasteiger partial charge in [0, 0.05) is 37.0 Å². The van der Waals surface area contributed by atoms with E-state index < -0.39 is 40.4 Å². The summed E-state index contributed by atoms with van der Waals surface area (Å²) < 4.78 is 38.6. The fourth-order valence-corrected chi connectivity index (χ4v) is 3.41. The molecule has 1 heterocycles. The Hall–Kier alpha value is -2.29. The van der Waals surface area contributed by atoms with E-state index >= 15 is 0 Å². The van der Waals surface area contributed by atoms with E-state index in [1.807, 2.05) is 13.8 Å². The van der Waals surface area contributed by atoms with Gasteiger partial charge < -0.3 is 20.1 Å². The van der Waals surface area contributed by atoms with Gasteiger partial charge in [0.15, 0.2) is 0 Å². The van der Waals surface area contributed by atoms with Crippen molar-refractivity contribution in [1.29, 1.82) is 0 Å². The number of sulfonamides is 1. The van der Waals surface area contributed by atoms with Crippen molar-refractivity contribution >= 4 is 28.0 Å². The number of aromatic nitrogens is 2. The quantitative estimate of drug-likeness (QED) is 0.369. The van der Waals surface area contributed by atoms with Crippen LogP contribution in [0.2, 0.25) is 0 Å². The fraction of sp³-hybridized carbons (Fsp3) is 0.409. The summed E-state index contributed by atoms with van der Waals surface area (Å²) in [5.41, 5.74) is 1.76. The second kappa shape index (κ2) is 12.4. The third-order valence-electron chi connectivity index (χ3n) is 4.81. The second-order valence-corrected chi connectivity index (χ2v) is 9.97. The third kappa shape index (κ3) is 8.18. The van der Waals surface area contributed by atoms with Crippen LogP contribution < -0.4 is 28.3 Å². The number of carbonyl (C=O) groups excluding carboxylic acids is 1. The van der Waals surface area contributed by atoms with Crippen molar-refractivity contribution in [3.8, 4) is 11.3 Å². The number of hydrogen-bond acceptors (Lipinski definition) is 8. The van der Waals surface area contributed by atoms with Crippen LogP contribution in [0.15, 0.2) is 30.3 Å². The zero-order valence-electron chi connectivity index (χ0n) is 19.8. The van der Waals surface area contributed by atoms with Crippen LogP contribution in [-0.2, 0) is 14.8 Å². The van der Waals surface area contributed by atoms with Gasteiger partial charge in [-0.2, -0.15) is 0 Å². The van der Waals surface area contributed by atoms with Crippen molar-refractivity contribution in [2.75, 3.05) is 17.6 Å². The zero-order chi connectivity index (χ0) is 24.9. The molecule has 0 bridgehead atoms. The van der Waals surface area contributed by atoms with Crippen molar-refractivity contribution in [3.05, 3.63) is 47.4 Å². The van der Waals surface area contributed by atoms with Crippen LogP contribution in [0.25, 0.3) is 17.3 Å². The summed E-state index contributed by atoms with van der Waals surface area (Å²) in [6.07, 6.45) is 0.578. The topological polar surface area (TPSA) is 144 Å². The first-order valence-corrected chi connectivity index (χ1v) is 12.0. The molecule has 12 heteroatoms. The number of aliphatic hydroxyl groups is 2. The van der Waals surface area contributed by atoms with Crippen LogP contribution in [0.1, 0.15) is 43.9 Å². The zero-order valence-corrected chi connectivity index (χ0v) is 20.6. The number of aliphatic carboxylic acids is 1. The molecule has 2 N–H and O–H groups in total. The minimum absolute atomic E-state index is 0. The number of rotatable bonds is 10. The van der Waals surface area contributed by atoms with Gasteiger partial charge in [-0.3, -0.25) is 0 Å². The maximum atomic E-state index is 13.5. The molecule has 0 unspecified atom stereocenters. The van der Waals surface area contributed by atoms with Crippen molar-refractivity contribution in [2.24, 2.45) is 0 Å². The minimum Gasteiger partial charge on any atom is -0.550 e. The number of carbonyl (C=O) groups is 1. The molecule has 1 aromatic heterocycles. The van der Waals surface area contributed by atoms with Gasteiger partial charge in [0.1, 0.15) is 5.82 Å². The van der Waals surface area contributed by atoms with Crippen LogP contribution in [0, 0.1) is 5.82 Å². The van der Waals surface area contributed by atoms with E-state index in [9.17, 15) is 32.9 Å². The van der Waals surface area contributed by atoms with E-state index in [0.29, 0.717) is 22.5 Å². The van der Waals surface area contributed by atoms with Gasteiger partial charge in [-0.1, -0.05) is 26.0 Å². The number of carboxylic acid groups (broad SMARTS) is 1. The molecule has 2 aromatic rings. The van der Waals surface area contributed by atoms with E-state index in [1.165, 1.54) is 43.5 Å². The Bertz CT molecular complexity index is 1130. The predicted molar refractivity (Wildman–Crippen MR) is 120 cm³/mol. The first-order valence-electron chi connectivity index (χ1n) is 10.2. The van der Waals surface area contributed by atoms with Crippen molar-refractivity contribution in [2.45, 2.75) is 44.8 Å². The van der Waals surface area contributed by atoms with Crippen molar-refractivity contribution in [3.63, 3.8) is 0 Å². The molecule has 0 saturated carbocycles. The summed E-state index contributed by atoms with van der Waals surface area (Å²) in [7, 11) is -2.34. The summed E-state index contributed by atoms with van der Waals surface area (Å²) in [5.74, 6) is -2.14. The van der Waals surface area contributed by atoms with Gasteiger partial charge in [-0.15, -0.1) is 0 Å². The Morgan fingerprint density at radius 2 is 1.79 bits per heavy atom. The van der Waals surface area contributed by atoms with Gasteiger partial charge in [-0.05, 0) is 30.2 Å². The Labute approximate surface area is 210 Å². The van der Waals surface area contributed by atoms with E-state index in [2.05, 4.69) is 9.97 Å². The number of aliphatic hydroxyl groups excluding tert-OH is 2. The first kappa shape index (κ1) is 29.7. The largest absolute Gasteiger partial charge is 1.00 e. The molecule has 180 valence electrons. The Morgan fingerprint density at radius 3 is 2.29 bits per heavy atom. The fourth-order valence-electron chi connectivity index (χ4n) is 3.04. The van der Waals surface area contributed by atoms with Gasteiger partial charge in [0.25, 0.3) is 0 Å². The summed E-state index contributed by atoms with van der Waals surface area (Å²) >= 11 is 0. The number of anilines is 1. The molecule has 2 atom stereocenters. The molecule has 0 aliphatic heterocycles. The van der Waals surface area contributed by atoms with E-state index in [1.54, 1.807) is 0 Å². The van der Waals surface area contributed by atoms with Gasteiger partial charge >= 0.3 is 18.9 Å². The minimum atomic E-state index is -3.66. The Morgan fingerprint density at radius 1 is 1.21 bits per heavy atom. The molecule has 1 aromatic carbocycles. The Balaban J connectivity index is 0.00000578. The average Bonchev–Trinajstić information content (AvgIpc) is 2.70. The predicted octanol–water partition coefficient (Wildman–Crippen LogP) is -1.93. The van der Waals surface area contributed by atoms with Crippen LogP contribution in [0.3, 0.4) is 0 Å². The molecule has 0 aliphatic carbocycles. The maximum absolute atomic E-state index is 13.5. The first-order chi connectivity index (χ1) is 15.3. The molecule has 0 fully saturated rings. The van der Waals surface area contributed by atoms with Crippen LogP contribution >= 0.6 is 0 Å². The second-order valence-electron chi connectivity index (χ2n) is 7.96. The standard InChI is InChI=1S/C22H28FN3O6S.Li/c1-13(2)20-18(10-9-16(27)11-17(28)12-19(29)30)21(14-5-7-15(23)8-6-14)25-22(24-20)26(3)33(4,31)32;/h5-10,13,16-17,27-28H,11-12H2,1-4H3,(H,29,30);/q;+1/p-1/b10-9+;/t16-,17-;/m1./s1. The van der Waals surface area contributed by atoms with Crippen LogP contribution in [0.4, 0.5) is 10.3 Å². The number of hydrogen-bond donors (Lipinski definition) is 2. The van der Waals surface area contributed by atoms with Crippen molar-refractivity contribution in [1.82, 2.24) is 9.97 Å². The molecule has 9 nitrogen and oxygen atoms in total. The summed E-state index contributed by atoms with van der Waals surface area (Å²) in [4.78, 5) is 19.4. The molecule has 0 saturated heterocycles. The monoisotopic (exact) mass is 487 g/mol. The smallest absolute Gasteiger partial charge is 0.550 e. The molecule has 2 rings (SSSR count). The number of nitrogens with zero attached hydrogens (tertiary/aromatic N) is 3. The van der Waals surface area contributed by atoms with Crippen LogP contribution in [-0.4, -0.2) is 60.1 Å². The number of benzene rings is 1. The molecule has 0 spiro atoms. The van der Waals surface area contributed by atoms with Gasteiger partial charge in [-0.25, -0.2) is 27.1 Å². The van der Waals surface area contributed by atoms with Gasteiger partial charge in [0.05, 0.1) is 29.9 Å². The molecule has 0 amide bonds. The Kier molecular flexibility index (Phi) is 10.9. The van der Waals surface area contributed by atoms with E-state index in [-0.39, 0.29) is 37.1 Å². The number of halogens is 1. The third-order valence-corrected chi connectivity index (χ3v) is 5.97. The maximum Gasteiger partial charge on any atom is 1.00 e. The summed E-state index contributed by atoms with van der Waals surface area (Å²) in [6, 6.07) is 5.46.